The summed E-state index contributed by atoms with van der Waals surface area (Å²) < 4.78 is 40.5. The fraction of sp³-hybridized carbons (Fsp3) is 0.475. The van der Waals surface area contributed by atoms with Crippen LogP contribution in [0.3, 0.4) is 0 Å². The number of methoxy groups -OCH3 is 1. The Balaban J connectivity index is 0.792. The largest absolute Gasteiger partial charge is 0.493 e. The van der Waals surface area contributed by atoms with Crippen LogP contribution in [0.5, 0.6) is 28.7 Å². The summed E-state index contributed by atoms with van der Waals surface area (Å²) in [7, 11) is 1.30. The zero-order chi connectivity index (χ0) is 53.5. The molecular formula is C61H66O15. The Hall–Kier alpha value is -7.16. The molecule has 15 heteroatoms. The molecule has 0 N–H and O–H groups in total. The molecule has 0 spiro atoms. The van der Waals surface area contributed by atoms with Gasteiger partial charge in [0.25, 0.3) is 0 Å². The van der Waals surface area contributed by atoms with Crippen molar-refractivity contribution in [2.24, 2.45) is 35.5 Å². The number of rotatable bonds is 15. The maximum atomic E-state index is 14.3. The highest BCUT2D eigenvalue weighted by molar-refractivity contribution is 6.30. The molecule has 15 nitrogen and oxygen atoms in total. The summed E-state index contributed by atoms with van der Waals surface area (Å²) in [5.41, 5.74) is 0.260. The van der Waals surface area contributed by atoms with Crippen LogP contribution in [0.1, 0.15) is 182 Å². The summed E-state index contributed by atoms with van der Waals surface area (Å²) in [5.74, 6) is -4.24. The van der Waals surface area contributed by atoms with E-state index in [2.05, 4.69) is 13.8 Å². The van der Waals surface area contributed by atoms with Gasteiger partial charge in [0.15, 0.2) is 23.1 Å². The van der Waals surface area contributed by atoms with Gasteiger partial charge in [-0.2, -0.15) is 0 Å². The van der Waals surface area contributed by atoms with E-state index in [1.807, 2.05) is 0 Å². The van der Waals surface area contributed by atoms with Crippen molar-refractivity contribution in [3.63, 3.8) is 0 Å². The van der Waals surface area contributed by atoms with Crippen LogP contribution in [-0.2, 0) is 28.7 Å². The van der Waals surface area contributed by atoms with E-state index in [0.717, 1.165) is 64.2 Å². The van der Waals surface area contributed by atoms with Gasteiger partial charge in [0.1, 0.15) is 29.5 Å². The van der Waals surface area contributed by atoms with Crippen molar-refractivity contribution in [2.45, 2.75) is 142 Å². The molecular weight excluding hydrogens is 973 g/mol. The number of fused-ring (bicyclic) bond motifs is 2. The minimum Gasteiger partial charge on any atom is -0.493 e. The zero-order valence-corrected chi connectivity index (χ0v) is 43.5. The fourth-order valence-electron chi connectivity index (χ4n) is 11.5. The lowest BCUT2D eigenvalue weighted by molar-refractivity contribution is -0.142. The predicted octanol–water partition coefficient (Wildman–Crippen LogP) is 11.4. The molecule has 0 atom stereocenters. The van der Waals surface area contributed by atoms with Gasteiger partial charge in [-0.05, 0) is 163 Å². The van der Waals surface area contributed by atoms with Crippen molar-refractivity contribution in [3.05, 3.63) is 112 Å². The van der Waals surface area contributed by atoms with E-state index in [1.54, 1.807) is 60.7 Å². The van der Waals surface area contributed by atoms with Crippen molar-refractivity contribution in [1.29, 1.82) is 0 Å². The lowest BCUT2D eigenvalue weighted by Crippen LogP contribution is -2.32. The molecule has 4 saturated carbocycles. The van der Waals surface area contributed by atoms with Gasteiger partial charge in [0.05, 0.1) is 53.0 Å². The Morgan fingerprint density at radius 3 is 1.20 bits per heavy atom. The highest BCUT2D eigenvalue weighted by Gasteiger charge is 2.41. The monoisotopic (exact) mass is 1040 g/mol. The van der Waals surface area contributed by atoms with Crippen molar-refractivity contribution in [1.82, 2.24) is 0 Å². The van der Waals surface area contributed by atoms with Gasteiger partial charge in [-0.15, -0.1) is 0 Å². The molecule has 76 heavy (non-hydrogen) atoms. The van der Waals surface area contributed by atoms with Gasteiger partial charge in [0, 0.05) is 17.2 Å². The summed E-state index contributed by atoms with van der Waals surface area (Å²) in [6.45, 7) is 4.34. The molecule has 0 radical (unpaired) electrons. The van der Waals surface area contributed by atoms with Gasteiger partial charge in [-0.1, -0.05) is 51.0 Å². The molecule has 0 unspecified atom stereocenters. The summed E-state index contributed by atoms with van der Waals surface area (Å²) in [6, 6.07) is 20.1. The second kappa shape index (κ2) is 24.2. The molecule has 0 heterocycles. The average Bonchev–Trinajstić information content (AvgIpc) is 3.45. The first-order valence-corrected chi connectivity index (χ1v) is 27.2. The standard InChI is InChI=1S/C61H66O15/c1-4-35-10-14-37(15-11-35)56(64)71-43-26-18-39(19-27-43)58(66)73-45-30-22-41(23-31-45)60(68)75-49-34-50(70-3)55(52-51(49)53(62)47-8-6-7-9-48(47)54(52)63)76-61(69)42-24-32-46(33-25-42)74-59(67)40-20-28-44(29-21-40)72-57(65)38-16-12-36(5-2)13-17-38/h6-9,18-21,26-29,34-38,41-42,45-46H,4-5,10-17,22-25,30-33H2,1-3H3. The van der Waals surface area contributed by atoms with Crippen LogP contribution < -0.4 is 23.7 Å². The predicted molar refractivity (Wildman–Crippen MR) is 276 cm³/mol. The number of carbonyl (C=O) groups is 8. The molecule has 4 aromatic rings. The zero-order valence-electron chi connectivity index (χ0n) is 43.5. The Bertz CT molecular complexity index is 2820. The minimum absolute atomic E-state index is 0.0809. The smallest absolute Gasteiger partial charge is 0.338 e. The molecule has 400 valence electrons. The van der Waals surface area contributed by atoms with Crippen LogP contribution in [0.4, 0.5) is 0 Å². The third-order valence-electron chi connectivity index (χ3n) is 16.4. The SMILES string of the molecule is CCC1CCC(C(=O)Oc2ccc(C(=O)OC3CCC(C(=O)Oc4cc(OC)c(OC(=O)C5CCC(OC(=O)c6ccc(OC(=O)C7CCC(CC)CC7)cc6)CC5)c5c4C(=O)c4ccccc4C5=O)CC3)cc2)CC1. The lowest BCUT2D eigenvalue weighted by Gasteiger charge is -2.29. The quantitative estimate of drug-likeness (QED) is 0.0707. The van der Waals surface area contributed by atoms with Crippen molar-refractivity contribution in [3.8, 4) is 28.7 Å². The first-order chi connectivity index (χ1) is 36.8. The molecule has 0 aromatic heterocycles. The van der Waals surface area contributed by atoms with E-state index in [0.29, 0.717) is 85.8 Å². The van der Waals surface area contributed by atoms with Crippen LogP contribution in [0.15, 0.2) is 78.9 Å². The first kappa shape index (κ1) is 53.7. The van der Waals surface area contributed by atoms with Gasteiger partial charge < -0.3 is 33.2 Å². The fourth-order valence-corrected chi connectivity index (χ4v) is 11.5. The Kier molecular flexibility index (Phi) is 17.1. The Labute approximate surface area is 442 Å². The van der Waals surface area contributed by atoms with E-state index < -0.39 is 59.5 Å². The number of esters is 6. The number of carbonyl (C=O) groups excluding carboxylic acids is 8. The van der Waals surface area contributed by atoms with Crippen LogP contribution in [0, 0.1) is 35.5 Å². The highest BCUT2D eigenvalue weighted by atomic mass is 16.6. The molecule has 0 bridgehead atoms. The number of benzene rings is 4. The van der Waals surface area contributed by atoms with E-state index in [1.165, 1.54) is 25.3 Å². The number of ether oxygens (including phenoxy) is 7. The molecule has 0 saturated heterocycles. The van der Waals surface area contributed by atoms with Crippen LogP contribution in [0.2, 0.25) is 0 Å². The third-order valence-corrected chi connectivity index (χ3v) is 16.4. The molecule has 4 aromatic carbocycles. The van der Waals surface area contributed by atoms with Crippen LogP contribution in [0.25, 0.3) is 0 Å². The third kappa shape index (κ3) is 12.2. The molecule has 5 aliphatic rings. The second-order valence-corrected chi connectivity index (χ2v) is 21.1. The van der Waals surface area contributed by atoms with Crippen molar-refractivity contribution in [2.75, 3.05) is 7.11 Å². The maximum absolute atomic E-state index is 14.3. The van der Waals surface area contributed by atoms with E-state index in [9.17, 15) is 38.4 Å². The number of ketones is 2. The normalized spacial score (nSPS) is 24.1. The second-order valence-electron chi connectivity index (χ2n) is 21.1. The van der Waals surface area contributed by atoms with Gasteiger partial charge in [0.2, 0.25) is 0 Å². The van der Waals surface area contributed by atoms with Crippen molar-refractivity contribution >= 4 is 47.4 Å². The number of hydrogen-bond acceptors (Lipinski definition) is 15. The van der Waals surface area contributed by atoms with Gasteiger partial charge in [-0.3, -0.25) is 28.8 Å². The summed E-state index contributed by atoms with van der Waals surface area (Å²) in [6.07, 6.45) is 11.3. The van der Waals surface area contributed by atoms with E-state index in [4.69, 9.17) is 33.2 Å². The van der Waals surface area contributed by atoms with E-state index in [-0.39, 0.29) is 63.3 Å². The van der Waals surface area contributed by atoms with Gasteiger partial charge >= 0.3 is 35.8 Å². The van der Waals surface area contributed by atoms with Crippen LogP contribution >= 0.6 is 0 Å². The topological polar surface area (TPSA) is 201 Å². The summed E-state index contributed by atoms with van der Waals surface area (Å²) in [5, 5.41) is 0. The molecule has 4 fully saturated rings. The maximum Gasteiger partial charge on any atom is 0.338 e. The molecule has 5 aliphatic carbocycles. The van der Waals surface area contributed by atoms with Crippen molar-refractivity contribution < 1.29 is 71.5 Å². The lowest BCUT2D eigenvalue weighted by atomic mass is 9.81. The van der Waals surface area contributed by atoms with Gasteiger partial charge in [-0.25, -0.2) is 9.59 Å². The molecule has 0 aliphatic heterocycles. The molecule has 9 rings (SSSR count). The Morgan fingerprint density at radius 2 is 0.803 bits per heavy atom. The summed E-state index contributed by atoms with van der Waals surface area (Å²) >= 11 is 0. The first-order valence-electron chi connectivity index (χ1n) is 27.2. The minimum atomic E-state index is -0.674. The highest BCUT2D eigenvalue weighted by Crippen LogP contribution is 2.46. The van der Waals surface area contributed by atoms with Crippen LogP contribution in [-0.4, -0.2) is 66.7 Å². The number of hydrogen-bond donors (Lipinski definition) is 0. The molecule has 0 amide bonds. The Morgan fingerprint density at radius 1 is 0.434 bits per heavy atom. The summed E-state index contributed by atoms with van der Waals surface area (Å²) in [4.78, 5) is 108. The van der Waals surface area contributed by atoms with E-state index >= 15 is 0 Å². The average molecular weight is 1040 g/mol.